The van der Waals surface area contributed by atoms with Crippen molar-refractivity contribution in [1.82, 2.24) is 64.4 Å². The molecule has 0 radical (unpaired) electrons. The standard InChI is InChI=1S/C57H71N15O6/c1-7-23-70-55(77)45-35-60-56(63-51(45)72(70)49-13-11-12-48(62-49)57(5,6)78)61-40-16-20-41(21-17-40)69-31-29-66(30-32-69)24-10-9-22-59-50(75)37-68-27-25-67(26-28-68)36-39-14-18-42(19-15-39)71-52(64-65-53(71)54(76)58-8-2)44-33-43(38(3)4)46(73)34-47(44)74/h7,11-21,33-35,38,73-74,78H,1,8-10,22-32,36-37H2,2-6H3,(H,58,76)(H,59,75)(H,60,61,63). The van der Waals surface area contributed by atoms with E-state index in [1.54, 1.807) is 53.4 Å². The van der Waals surface area contributed by atoms with Gasteiger partial charge in [-0.1, -0.05) is 38.1 Å². The highest BCUT2D eigenvalue weighted by Crippen LogP contribution is 2.38. The SMILES string of the molecule is C=CCn1c(=O)c2cnc(Nc3ccc(N4CCN(CCCCNC(=O)CN5CCN(Cc6ccc(-n7c(C(=O)NCC)nnc7-c7cc(C(C)C)c(O)cc7O)cc6)CC5)CC4)cc3)nc2n1-c1cccc(C(C)(C)O)n1. The summed E-state index contributed by atoms with van der Waals surface area (Å²) < 4.78 is 4.78. The number of carbonyl (C=O) groups excluding carboxylic acids is 2. The molecule has 2 saturated heterocycles. The van der Waals surface area contributed by atoms with Crippen LogP contribution in [0.1, 0.15) is 80.8 Å². The van der Waals surface area contributed by atoms with Gasteiger partial charge < -0.3 is 36.2 Å². The first-order valence-electron chi connectivity index (χ1n) is 26.8. The van der Waals surface area contributed by atoms with Crippen LogP contribution in [-0.4, -0.2) is 159 Å². The summed E-state index contributed by atoms with van der Waals surface area (Å²) in [7, 11) is 0. The highest BCUT2D eigenvalue weighted by Gasteiger charge is 2.27. The number of carbonyl (C=O) groups is 2. The van der Waals surface area contributed by atoms with Crippen LogP contribution in [0.4, 0.5) is 17.3 Å². The van der Waals surface area contributed by atoms with Crippen molar-refractivity contribution < 1.29 is 24.9 Å². The second kappa shape index (κ2) is 24.1. The maximum absolute atomic E-state index is 13.4. The van der Waals surface area contributed by atoms with Gasteiger partial charge in [-0.3, -0.25) is 33.7 Å². The van der Waals surface area contributed by atoms with E-state index in [9.17, 15) is 29.7 Å². The molecule has 3 aromatic carbocycles. The number of fused-ring (bicyclic) bond motifs is 1. The van der Waals surface area contributed by atoms with Crippen molar-refractivity contribution in [2.24, 2.45) is 0 Å². The molecule has 0 spiro atoms. The molecule has 4 aromatic heterocycles. The number of benzene rings is 3. The lowest BCUT2D eigenvalue weighted by Crippen LogP contribution is -2.49. The van der Waals surface area contributed by atoms with E-state index in [2.05, 4.69) is 74.4 Å². The van der Waals surface area contributed by atoms with Crippen LogP contribution in [-0.2, 0) is 23.5 Å². The van der Waals surface area contributed by atoms with E-state index >= 15 is 0 Å². The second-order valence-electron chi connectivity index (χ2n) is 20.8. The molecule has 6 heterocycles. The molecule has 0 aliphatic carbocycles. The Morgan fingerprint density at radius 3 is 2.22 bits per heavy atom. The van der Waals surface area contributed by atoms with Gasteiger partial charge in [0.1, 0.15) is 22.5 Å². The van der Waals surface area contributed by atoms with Gasteiger partial charge in [0.15, 0.2) is 17.3 Å². The molecule has 6 N–H and O–H groups in total. The van der Waals surface area contributed by atoms with Gasteiger partial charge in [0.05, 0.1) is 24.3 Å². The number of rotatable bonds is 21. The Bertz CT molecular complexity index is 3290. The molecular weight excluding hydrogens is 991 g/mol. The molecule has 78 heavy (non-hydrogen) atoms. The van der Waals surface area contributed by atoms with Gasteiger partial charge in [-0.25, -0.2) is 19.3 Å². The number of aromatic hydroxyl groups is 2. The van der Waals surface area contributed by atoms with E-state index in [1.807, 2.05) is 57.2 Å². The highest BCUT2D eigenvalue weighted by molar-refractivity contribution is 5.92. The summed E-state index contributed by atoms with van der Waals surface area (Å²) in [5.74, 6) is 0.603. The Morgan fingerprint density at radius 2 is 1.53 bits per heavy atom. The number of aromatic nitrogens is 8. The first kappa shape index (κ1) is 54.8. The number of nitrogens with zero attached hydrogens (tertiary/aromatic N) is 12. The fourth-order valence-corrected chi connectivity index (χ4v) is 9.99. The van der Waals surface area contributed by atoms with Gasteiger partial charge in [0.25, 0.3) is 11.5 Å². The van der Waals surface area contributed by atoms with Crippen molar-refractivity contribution in [3.63, 3.8) is 0 Å². The topological polar surface area (TPSA) is 240 Å². The molecule has 9 rings (SSSR count). The lowest BCUT2D eigenvalue weighted by molar-refractivity contribution is -0.122. The smallest absolute Gasteiger partial charge is 0.289 e. The summed E-state index contributed by atoms with van der Waals surface area (Å²) in [6, 6.07) is 24.3. The van der Waals surface area contributed by atoms with Crippen molar-refractivity contribution in [2.75, 3.05) is 88.8 Å². The molecule has 2 amide bonds. The highest BCUT2D eigenvalue weighted by atomic mass is 16.3. The van der Waals surface area contributed by atoms with E-state index in [-0.39, 0.29) is 47.1 Å². The third-order valence-corrected chi connectivity index (χ3v) is 14.3. The second-order valence-corrected chi connectivity index (χ2v) is 20.8. The first-order chi connectivity index (χ1) is 37.6. The Balaban J connectivity index is 0.687. The van der Waals surface area contributed by atoms with Crippen LogP contribution in [0.25, 0.3) is 33.9 Å². The molecule has 0 unspecified atom stereocenters. The maximum atomic E-state index is 13.4. The van der Waals surface area contributed by atoms with Crippen molar-refractivity contribution in [1.29, 1.82) is 0 Å². The summed E-state index contributed by atoms with van der Waals surface area (Å²) >= 11 is 0. The molecular formula is C57H71N15O6. The number of aliphatic hydroxyl groups is 1. The quantitative estimate of drug-likeness (QED) is 0.0385. The first-order valence-corrected chi connectivity index (χ1v) is 26.8. The van der Waals surface area contributed by atoms with E-state index in [0.717, 1.165) is 95.2 Å². The van der Waals surface area contributed by atoms with E-state index in [1.165, 1.54) is 16.9 Å². The van der Waals surface area contributed by atoms with E-state index < -0.39 is 11.5 Å². The summed E-state index contributed by atoms with van der Waals surface area (Å²) in [6.07, 6.45) is 5.08. The molecule has 0 saturated carbocycles. The number of hydrogen-bond acceptors (Lipinski definition) is 16. The number of hydrogen-bond donors (Lipinski definition) is 6. The third-order valence-electron chi connectivity index (χ3n) is 14.3. The van der Waals surface area contributed by atoms with Crippen LogP contribution in [0, 0.1) is 0 Å². The molecule has 0 atom stereocenters. The predicted molar refractivity (Wildman–Crippen MR) is 301 cm³/mol. The molecule has 0 bridgehead atoms. The van der Waals surface area contributed by atoms with Gasteiger partial charge in [-0.05, 0) is 112 Å². The number of unbranched alkanes of at least 4 members (excludes halogenated alkanes) is 1. The summed E-state index contributed by atoms with van der Waals surface area (Å²) in [5.41, 5.74) is 4.08. The Kier molecular flexibility index (Phi) is 17.0. The van der Waals surface area contributed by atoms with Crippen molar-refractivity contribution in [3.8, 4) is 34.4 Å². The number of piperazine rings is 2. The van der Waals surface area contributed by atoms with E-state index in [4.69, 9.17) is 4.98 Å². The number of nitrogens with one attached hydrogen (secondary N) is 3. The minimum absolute atomic E-state index is 0.0126. The van der Waals surface area contributed by atoms with Crippen LogP contribution in [0.2, 0.25) is 0 Å². The van der Waals surface area contributed by atoms with Gasteiger partial charge in [-0.15, -0.1) is 16.8 Å². The number of amides is 2. The molecule has 21 heteroatoms. The largest absolute Gasteiger partial charge is 0.508 e. The molecule has 2 aliphatic heterocycles. The Morgan fingerprint density at radius 1 is 0.821 bits per heavy atom. The summed E-state index contributed by atoms with van der Waals surface area (Å²) in [4.78, 5) is 62.9. The number of anilines is 3. The van der Waals surface area contributed by atoms with Crippen LogP contribution in [0.5, 0.6) is 11.5 Å². The fraction of sp³-hybridized carbons (Fsp3) is 0.404. The zero-order chi connectivity index (χ0) is 55.1. The van der Waals surface area contributed by atoms with Crippen molar-refractivity contribution in [2.45, 2.75) is 72.1 Å². The van der Waals surface area contributed by atoms with Gasteiger partial charge in [0.2, 0.25) is 17.7 Å². The van der Waals surface area contributed by atoms with Crippen molar-refractivity contribution in [3.05, 3.63) is 131 Å². The van der Waals surface area contributed by atoms with Crippen LogP contribution in [0.3, 0.4) is 0 Å². The molecule has 2 aliphatic rings. The van der Waals surface area contributed by atoms with Crippen LogP contribution < -0.4 is 26.4 Å². The van der Waals surface area contributed by atoms with E-state index in [0.29, 0.717) is 64.9 Å². The molecule has 7 aromatic rings. The summed E-state index contributed by atoms with van der Waals surface area (Å²) in [5, 5.41) is 50.1. The van der Waals surface area contributed by atoms with Crippen molar-refractivity contribution >= 4 is 40.2 Å². The normalized spacial score (nSPS) is 14.8. The monoisotopic (exact) mass is 1060 g/mol. The van der Waals surface area contributed by atoms with Crippen LogP contribution >= 0.6 is 0 Å². The predicted octanol–water partition coefficient (Wildman–Crippen LogP) is 5.50. The molecule has 21 nitrogen and oxygen atoms in total. The maximum Gasteiger partial charge on any atom is 0.289 e. The minimum atomic E-state index is -1.18. The third kappa shape index (κ3) is 12.6. The molecule has 2 fully saturated rings. The Labute approximate surface area is 453 Å². The van der Waals surface area contributed by atoms with Gasteiger partial charge in [0, 0.05) is 101 Å². The number of allylic oxidation sites excluding steroid dienone is 1. The average molecular weight is 1060 g/mol. The zero-order valence-corrected chi connectivity index (χ0v) is 45.2. The molecule has 410 valence electrons. The number of phenols is 2. The summed E-state index contributed by atoms with van der Waals surface area (Å²) in [6.45, 7) is 23.2. The number of pyridine rings is 1. The Hall–Kier alpha value is -7.98. The van der Waals surface area contributed by atoms with Gasteiger partial charge >= 0.3 is 0 Å². The van der Waals surface area contributed by atoms with Crippen LogP contribution in [0.15, 0.2) is 103 Å². The lowest BCUT2D eigenvalue weighted by atomic mass is 9.98. The van der Waals surface area contributed by atoms with Gasteiger partial charge in [-0.2, -0.15) is 4.98 Å². The number of phenolic OH excluding ortho intramolecular Hbond substituents is 2. The fourth-order valence-electron chi connectivity index (χ4n) is 9.99. The average Bonchev–Trinajstić information content (AvgIpc) is 4.23. The zero-order valence-electron chi connectivity index (χ0n) is 45.2. The minimum Gasteiger partial charge on any atom is -0.508 e. The lowest BCUT2D eigenvalue weighted by Gasteiger charge is -2.36.